The van der Waals surface area contributed by atoms with Crippen LogP contribution < -0.4 is 5.43 Å². The molecular weight excluding hydrogens is 349 g/mol. The summed E-state index contributed by atoms with van der Waals surface area (Å²) in [5.74, 6) is 0. The number of hydrazone groups is 1. The van der Waals surface area contributed by atoms with Gasteiger partial charge in [-0.2, -0.15) is 5.10 Å². The van der Waals surface area contributed by atoms with Gasteiger partial charge in [-0.25, -0.2) is 4.98 Å². The zero-order valence-electron chi connectivity index (χ0n) is 12.3. The monoisotopic (exact) mass is 361 g/mol. The summed E-state index contributed by atoms with van der Waals surface area (Å²) in [5, 5.41) is 7.92. The van der Waals surface area contributed by atoms with Crippen LogP contribution >= 0.6 is 34.5 Å². The van der Waals surface area contributed by atoms with Gasteiger partial charge in [0.15, 0.2) is 0 Å². The van der Waals surface area contributed by atoms with Crippen molar-refractivity contribution < 1.29 is 0 Å². The van der Waals surface area contributed by atoms with Crippen molar-refractivity contribution in [1.29, 1.82) is 0 Å². The lowest BCUT2D eigenvalue weighted by atomic mass is 10.2. The van der Waals surface area contributed by atoms with Crippen molar-refractivity contribution in [3.05, 3.63) is 69.0 Å². The van der Waals surface area contributed by atoms with Crippen LogP contribution in [0.25, 0.3) is 11.3 Å². The van der Waals surface area contributed by atoms with Gasteiger partial charge in [0.25, 0.3) is 0 Å². The molecule has 0 radical (unpaired) electrons. The Morgan fingerprint density at radius 1 is 1.09 bits per heavy atom. The van der Waals surface area contributed by atoms with Gasteiger partial charge in [0.1, 0.15) is 0 Å². The number of anilines is 1. The highest BCUT2D eigenvalue weighted by Crippen LogP contribution is 2.30. The first-order chi connectivity index (χ1) is 11.1. The molecule has 3 rings (SSSR count). The molecule has 0 atom stereocenters. The van der Waals surface area contributed by atoms with E-state index in [2.05, 4.69) is 22.4 Å². The van der Waals surface area contributed by atoms with Crippen molar-refractivity contribution in [2.75, 3.05) is 5.43 Å². The Morgan fingerprint density at radius 3 is 2.61 bits per heavy atom. The molecule has 0 unspecified atom stereocenters. The lowest BCUT2D eigenvalue weighted by Crippen LogP contribution is -1.90. The molecule has 2 aromatic carbocycles. The molecule has 0 aliphatic carbocycles. The molecule has 0 saturated heterocycles. The Bertz CT molecular complexity index is 841. The van der Waals surface area contributed by atoms with E-state index in [1.165, 1.54) is 16.9 Å². The van der Waals surface area contributed by atoms with E-state index in [0.29, 0.717) is 10.0 Å². The van der Waals surface area contributed by atoms with Crippen molar-refractivity contribution in [1.82, 2.24) is 4.98 Å². The zero-order valence-corrected chi connectivity index (χ0v) is 14.6. The average molecular weight is 362 g/mol. The Morgan fingerprint density at radius 2 is 1.87 bits per heavy atom. The van der Waals surface area contributed by atoms with Gasteiger partial charge in [-0.05, 0) is 24.6 Å². The molecule has 3 aromatic rings. The second-order valence-electron chi connectivity index (χ2n) is 4.95. The largest absolute Gasteiger partial charge is 0.253 e. The topological polar surface area (TPSA) is 37.3 Å². The first-order valence-corrected chi connectivity index (χ1v) is 8.52. The van der Waals surface area contributed by atoms with Crippen LogP contribution in [-0.4, -0.2) is 11.2 Å². The Hall–Kier alpha value is -1.88. The fraction of sp³-hybridized carbons (Fsp3) is 0.0588. The standard InChI is InChI=1S/C17H13Cl2N3S/c1-11-2-4-12(5-3-11)9-20-22-17-21-16(10-23-17)13-6-7-14(18)15(19)8-13/h2-10H,1H3,(H,21,22)/b20-9+. The van der Waals surface area contributed by atoms with Crippen LogP contribution in [-0.2, 0) is 0 Å². The average Bonchev–Trinajstić information content (AvgIpc) is 3.01. The van der Waals surface area contributed by atoms with Crippen LogP contribution in [0.1, 0.15) is 11.1 Å². The molecule has 0 fully saturated rings. The summed E-state index contributed by atoms with van der Waals surface area (Å²) in [6.45, 7) is 2.05. The van der Waals surface area contributed by atoms with Gasteiger partial charge in [0.05, 0.1) is 22.0 Å². The van der Waals surface area contributed by atoms with E-state index in [4.69, 9.17) is 23.2 Å². The summed E-state index contributed by atoms with van der Waals surface area (Å²) in [6, 6.07) is 13.6. The molecule has 0 saturated carbocycles. The quantitative estimate of drug-likeness (QED) is 0.465. The predicted molar refractivity (Wildman–Crippen MR) is 100.0 cm³/mol. The van der Waals surface area contributed by atoms with E-state index in [1.807, 2.05) is 35.7 Å². The number of hydrogen-bond donors (Lipinski definition) is 1. The summed E-state index contributed by atoms with van der Waals surface area (Å²) in [7, 11) is 0. The minimum atomic E-state index is 0.518. The summed E-state index contributed by atoms with van der Waals surface area (Å²) in [6.07, 6.45) is 1.76. The number of rotatable bonds is 4. The molecule has 0 amide bonds. The molecule has 1 aromatic heterocycles. The first kappa shape index (κ1) is 16.0. The zero-order chi connectivity index (χ0) is 16.2. The van der Waals surface area contributed by atoms with Crippen LogP contribution in [0.3, 0.4) is 0 Å². The van der Waals surface area contributed by atoms with E-state index < -0.39 is 0 Å². The van der Waals surface area contributed by atoms with Gasteiger partial charge in [-0.1, -0.05) is 59.1 Å². The number of aryl methyl sites for hydroxylation is 1. The summed E-state index contributed by atoms with van der Waals surface area (Å²) >= 11 is 13.4. The van der Waals surface area contributed by atoms with Crippen molar-refractivity contribution in [3.63, 3.8) is 0 Å². The van der Waals surface area contributed by atoms with Gasteiger partial charge >= 0.3 is 0 Å². The molecule has 23 heavy (non-hydrogen) atoms. The molecule has 0 spiro atoms. The predicted octanol–water partition coefficient (Wildman–Crippen LogP) is 5.87. The van der Waals surface area contributed by atoms with Gasteiger partial charge in [-0.3, -0.25) is 5.43 Å². The molecule has 0 bridgehead atoms. The Balaban J connectivity index is 1.69. The minimum Gasteiger partial charge on any atom is -0.253 e. The lowest BCUT2D eigenvalue weighted by molar-refractivity contribution is 1.29. The number of nitrogens with one attached hydrogen (secondary N) is 1. The maximum atomic E-state index is 6.04. The van der Waals surface area contributed by atoms with Gasteiger partial charge in [-0.15, -0.1) is 11.3 Å². The van der Waals surface area contributed by atoms with E-state index in [0.717, 1.165) is 22.0 Å². The minimum absolute atomic E-state index is 0.518. The van der Waals surface area contributed by atoms with Crippen LogP contribution in [0, 0.1) is 6.92 Å². The number of hydrogen-bond acceptors (Lipinski definition) is 4. The summed E-state index contributed by atoms with van der Waals surface area (Å²) in [5.41, 5.74) is 6.95. The van der Waals surface area contributed by atoms with E-state index in [-0.39, 0.29) is 0 Å². The third-order valence-corrected chi connectivity index (χ3v) is 4.66. The van der Waals surface area contributed by atoms with Crippen LogP contribution in [0.4, 0.5) is 5.13 Å². The smallest absolute Gasteiger partial charge is 0.203 e. The van der Waals surface area contributed by atoms with Gasteiger partial charge in [0.2, 0.25) is 5.13 Å². The van der Waals surface area contributed by atoms with Gasteiger partial charge in [0, 0.05) is 10.9 Å². The van der Waals surface area contributed by atoms with E-state index in [9.17, 15) is 0 Å². The second kappa shape index (κ2) is 7.13. The molecule has 0 aliphatic heterocycles. The van der Waals surface area contributed by atoms with Crippen molar-refractivity contribution in [2.45, 2.75) is 6.92 Å². The van der Waals surface area contributed by atoms with Crippen LogP contribution in [0.15, 0.2) is 52.9 Å². The van der Waals surface area contributed by atoms with Crippen molar-refractivity contribution in [3.8, 4) is 11.3 Å². The maximum absolute atomic E-state index is 6.04. The van der Waals surface area contributed by atoms with E-state index >= 15 is 0 Å². The normalized spacial score (nSPS) is 11.1. The Labute approximate surface area is 148 Å². The third-order valence-electron chi connectivity index (χ3n) is 3.17. The molecule has 6 heteroatoms. The van der Waals surface area contributed by atoms with Crippen LogP contribution in [0.5, 0.6) is 0 Å². The summed E-state index contributed by atoms with van der Waals surface area (Å²) < 4.78 is 0. The Kier molecular flexibility index (Phi) is 4.96. The number of aromatic nitrogens is 1. The molecule has 1 N–H and O–H groups in total. The van der Waals surface area contributed by atoms with Crippen molar-refractivity contribution >= 4 is 45.9 Å². The van der Waals surface area contributed by atoms with Crippen LogP contribution in [0.2, 0.25) is 10.0 Å². The summed E-state index contributed by atoms with van der Waals surface area (Å²) in [4.78, 5) is 4.49. The number of halogens is 2. The highest BCUT2D eigenvalue weighted by atomic mass is 35.5. The fourth-order valence-electron chi connectivity index (χ4n) is 1.93. The van der Waals surface area contributed by atoms with Crippen molar-refractivity contribution in [2.24, 2.45) is 5.10 Å². The molecule has 1 heterocycles. The molecule has 3 nitrogen and oxygen atoms in total. The third kappa shape index (κ3) is 4.10. The first-order valence-electron chi connectivity index (χ1n) is 6.88. The SMILES string of the molecule is Cc1ccc(/C=N/Nc2nc(-c3ccc(Cl)c(Cl)c3)cs2)cc1. The van der Waals surface area contributed by atoms with Gasteiger partial charge < -0.3 is 0 Å². The molecule has 0 aliphatic rings. The number of nitrogens with zero attached hydrogens (tertiary/aromatic N) is 2. The second-order valence-corrected chi connectivity index (χ2v) is 6.62. The lowest BCUT2D eigenvalue weighted by Gasteiger charge is -1.99. The maximum Gasteiger partial charge on any atom is 0.203 e. The molecular formula is C17H13Cl2N3S. The highest BCUT2D eigenvalue weighted by molar-refractivity contribution is 7.14. The highest BCUT2D eigenvalue weighted by Gasteiger charge is 2.06. The number of thiazole rings is 1. The van der Waals surface area contributed by atoms with E-state index in [1.54, 1.807) is 18.3 Å². The fourth-order valence-corrected chi connectivity index (χ4v) is 2.89. The molecule has 116 valence electrons. The number of benzene rings is 2.